The largest absolute Gasteiger partial charge is 0.325 e. The van der Waals surface area contributed by atoms with Gasteiger partial charge in [0, 0.05) is 15.7 Å². The van der Waals surface area contributed by atoms with Crippen molar-refractivity contribution in [2.24, 2.45) is 0 Å². The van der Waals surface area contributed by atoms with E-state index in [1.54, 1.807) is 49.4 Å². The summed E-state index contributed by atoms with van der Waals surface area (Å²) in [5, 5.41) is 6.32. The number of carbonyl (C=O) groups is 3. The van der Waals surface area contributed by atoms with Crippen molar-refractivity contribution < 1.29 is 14.4 Å². The second-order valence-corrected chi connectivity index (χ2v) is 7.33. The molecule has 0 radical (unpaired) electrons. The van der Waals surface area contributed by atoms with E-state index in [2.05, 4.69) is 10.6 Å². The Hall–Kier alpha value is -2.57. The van der Waals surface area contributed by atoms with E-state index in [1.807, 2.05) is 6.92 Å². The maximum atomic E-state index is 12.8. The molecular formula is C19H17Cl2N3O3. The number of hydrogen-bond acceptors (Lipinski definition) is 3. The molecule has 2 N–H and O–H groups in total. The van der Waals surface area contributed by atoms with E-state index in [9.17, 15) is 14.4 Å². The average Bonchev–Trinajstić information content (AvgIpc) is 2.83. The van der Waals surface area contributed by atoms with Crippen LogP contribution in [0.25, 0.3) is 0 Å². The molecule has 2 aromatic rings. The molecule has 1 unspecified atom stereocenters. The number of imide groups is 1. The summed E-state index contributed by atoms with van der Waals surface area (Å²) in [6.45, 7) is 3.01. The van der Waals surface area contributed by atoms with E-state index < -0.39 is 29.9 Å². The number of hydrogen-bond donors (Lipinski definition) is 2. The van der Waals surface area contributed by atoms with Gasteiger partial charge in [-0.25, -0.2) is 4.79 Å². The number of halogens is 2. The van der Waals surface area contributed by atoms with Crippen LogP contribution in [0.2, 0.25) is 10.0 Å². The van der Waals surface area contributed by atoms with Crippen molar-refractivity contribution in [2.75, 3.05) is 11.9 Å². The van der Waals surface area contributed by atoms with Crippen LogP contribution in [0.5, 0.6) is 0 Å². The normalized spacial score (nSPS) is 19.2. The Balaban J connectivity index is 1.76. The summed E-state index contributed by atoms with van der Waals surface area (Å²) in [7, 11) is 0. The molecule has 1 fully saturated rings. The summed E-state index contributed by atoms with van der Waals surface area (Å²) in [5.74, 6) is -1.00. The molecule has 1 heterocycles. The fourth-order valence-electron chi connectivity index (χ4n) is 2.88. The van der Waals surface area contributed by atoms with Crippen molar-refractivity contribution in [3.8, 4) is 0 Å². The molecule has 140 valence electrons. The molecule has 2 aromatic carbocycles. The third-order valence-electron chi connectivity index (χ3n) is 4.47. The molecule has 0 aliphatic carbocycles. The zero-order valence-corrected chi connectivity index (χ0v) is 16.2. The summed E-state index contributed by atoms with van der Waals surface area (Å²) in [6, 6.07) is 11.1. The number of benzene rings is 2. The highest BCUT2D eigenvalue weighted by Crippen LogP contribution is 2.29. The zero-order chi connectivity index (χ0) is 19.8. The van der Waals surface area contributed by atoms with Gasteiger partial charge >= 0.3 is 6.03 Å². The average molecular weight is 406 g/mol. The predicted molar refractivity (Wildman–Crippen MR) is 104 cm³/mol. The minimum atomic E-state index is -1.26. The molecule has 27 heavy (non-hydrogen) atoms. The number of nitrogens with zero attached hydrogens (tertiary/aromatic N) is 1. The number of rotatable bonds is 4. The first-order chi connectivity index (χ1) is 12.7. The summed E-state index contributed by atoms with van der Waals surface area (Å²) >= 11 is 11.8. The van der Waals surface area contributed by atoms with Crippen molar-refractivity contribution in [2.45, 2.75) is 19.4 Å². The minimum Gasteiger partial charge on any atom is -0.324 e. The molecule has 0 spiro atoms. The van der Waals surface area contributed by atoms with Gasteiger partial charge in [0.25, 0.3) is 5.91 Å². The van der Waals surface area contributed by atoms with Crippen LogP contribution < -0.4 is 10.6 Å². The SMILES string of the molecule is Cc1ccc(Cl)cc1NC(=O)CN1C(=O)NC(C)(c2ccc(Cl)cc2)C1=O. The number of urea groups is 1. The maximum absolute atomic E-state index is 12.8. The van der Waals surface area contributed by atoms with Crippen molar-refractivity contribution in [1.29, 1.82) is 0 Å². The fourth-order valence-corrected chi connectivity index (χ4v) is 3.18. The third kappa shape index (κ3) is 3.77. The van der Waals surface area contributed by atoms with Crippen molar-refractivity contribution in [3.63, 3.8) is 0 Å². The molecule has 6 nitrogen and oxygen atoms in total. The quantitative estimate of drug-likeness (QED) is 0.760. The lowest BCUT2D eigenvalue weighted by molar-refractivity contribution is -0.133. The number of aryl methyl sites for hydroxylation is 1. The maximum Gasteiger partial charge on any atom is 0.325 e. The van der Waals surface area contributed by atoms with Crippen LogP contribution >= 0.6 is 23.2 Å². The summed E-state index contributed by atoms with van der Waals surface area (Å²) in [5.41, 5.74) is 0.670. The number of carbonyl (C=O) groups excluding carboxylic acids is 3. The molecule has 1 aliphatic heterocycles. The second-order valence-electron chi connectivity index (χ2n) is 6.46. The molecule has 1 atom stereocenters. The van der Waals surface area contributed by atoms with Gasteiger partial charge in [-0.2, -0.15) is 0 Å². The third-order valence-corrected chi connectivity index (χ3v) is 4.96. The highest BCUT2D eigenvalue weighted by atomic mass is 35.5. The van der Waals surface area contributed by atoms with Crippen LogP contribution in [0.15, 0.2) is 42.5 Å². The zero-order valence-electron chi connectivity index (χ0n) is 14.7. The van der Waals surface area contributed by atoms with E-state index in [4.69, 9.17) is 23.2 Å². The first kappa shape index (κ1) is 19.2. The molecule has 3 rings (SSSR count). The first-order valence-corrected chi connectivity index (χ1v) is 8.92. The predicted octanol–water partition coefficient (Wildman–Crippen LogP) is 3.71. The van der Waals surface area contributed by atoms with Crippen LogP contribution in [0.4, 0.5) is 10.5 Å². The summed E-state index contributed by atoms with van der Waals surface area (Å²) in [6.07, 6.45) is 0. The molecule has 8 heteroatoms. The lowest BCUT2D eigenvalue weighted by atomic mass is 9.92. The fraction of sp³-hybridized carbons (Fsp3) is 0.211. The Labute approximate surface area is 166 Å². The Bertz CT molecular complexity index is 930. The van der Waals surface area contributed by atoms with Gasteiger partial charge in [-0.05, 0) is 49.2 Å². The highest BCUT2D eigenvalue weighted by molar-refractivity contribution is 6.31. The molecular weight excluding hydrogens is 389 g/mol. The molecule has 1 aliphatic rings. The molecule has 1 saturated heterocycles. The first-order valence-electron chi connectivity index (χ1n) is 8.17. The molecule has 4 amide bonds. The highest BCUT2D eigenvalue weighted by Gasteiger charge is 2.49. The van der Waals surface area contributed by atoms with E-state index in [-0.39, 0.29) is 0 Å². The van der Waals surface area contributed by atoms with Gasteiger partial charge in [-0.3, -0.25) is 14.5 Å². The van der Waals surface area contributed by atoms with Crippen LogP contribution in [0.1, 0.15) is 18.1 Å². The van der Waals surface area contributed by atoms with E-state index in [0.717, 1.165) is 10.5 Å². The van der Waals surface area contributed by atoms with Gasteiger partial charge < -0.3 is 10.6 Å². The Kier molecular flexibility index (Phi) is 5.13. The number of anilines is 1. The standard InChI is InChI=1S/C19H17Cl2N3O3/c1-11-3-6-14(21)9-15(11)22-16(25)10-24-17(26)19(2,23-18(24)27)12-4-7-13(20)8-5-12/h3-9H,10H2,1-2H3,(H,22,25)(H,23,27). The summed E-state index contributed by atoms with van der Waals surface area (Å²) < 4.78 is 0. The number of amides is 4. The topological polar surface area (TPSA) is 78.5 Å². The Morgan fingerprint density at radius 1 is 1.11 bits per heavy atom. The van der Waals surface area contributed by atoms with E-state index >= 15 is 0 Å². The van der Waals surface area contributed by atoms with Crippen LogP contribution in [0, 0.1) is 6.92 Å². The van der Waals surface area contributed by atoms with Crippen LogP contribution in [-0.4, -0.2) is 29.3 Å². The van der Waals surface area contributed by atoms with Gasteiger partial charge in [-0.15, -0.1) is 0 Å². The smallest absolute Gasteiger partial charge is 0.324 e. The number of nitrogens with one attached hydrogen (secondary N) is 2. The second kappa shape index (κ2) is 7.21. The van der Waals surface area contributed by atoms with Crippen molar-refractivity contribution in [1.82, 2.24) is 10.2 Å². The van der Waals surface area contributed by atoms with Gasteiger partial charge in [-0.1, -0.05) is 41.4 Å². The van der Waals surface area contributed by atoms with Gasteiger partial charge in [0.05, 0.1) is 0 Å². The minimum absolute atomic E-state index is 0.403. The molecule has 0 bridgehead atoms. The lowest BCUT2D eigenvalue weighted by Gasteiger charge is -2.22. The summed E-state index contributed by atoms with van der Waals surface area (Å²) in [4.78, 5) is 38.4. The van der Waals surface area contributed by atoms with E-state index in [1.165, 1.54) is 0 Å². The van der Waals surface area contributed by atoms with Crippen LogP contribution in [-0.2, 0) is 15.1 Å². The van der Waals surface area contributed by atoms with Crippen molar-refractivity contribution in [3.05, 3.63) is 63.6 Å². The van der Waals surface area contributed by atoms with Gasteiger partial charge in [0.15, 0.2) is 0 Å². The lowest BCUT2D eigenvalue weighted by Crippen LogP contribution is -2.42. The monoisotopic (exact) mass is 405 g/mol. The Morgan fingerprint density at radius 2 is 1.74 bits per heavy atom. The van der Waals surface area contributed by atoms with Gasteiger partial charge in [0.1, 0.15) is 12.1 Å². The van der Waals surface area contributed by atoms with Gasteiger partial charge in [0.2, 0.25) is 5.91 Å². The Morgan fingerprint density at radius 3 is 2.41 bits per heavy atom. The molecule has 0 aromatic heterocycles. The van der Waals surface area contributed by atoms with Crippen molar-refractivity contribution >= 4 is 46.7 Å². The van der Waals surface area contributed by atoms with E-state index in [0.29, 0.717) is 21.3 Å². The molecule has 0 saturated carbocycles. The van der Waals surface area contributed by atoms with Crippen LogP contribution in [0.3, 0.4) is 0 Å².